The van der Waals surface area contributed by atoms with Crippen molar-refractivity contribution in [3.05, 3.63) is 35.9 Å². The molecule has 1 aliphatic carbocycles. The van der Waals surface area contributed by atoms with Crippen LogP contribution in [0.2, 0.25) is 0 Å². The molecular weight excluding hydrogens is 298 g/mol. The molecule has 1 saturated heterocycles. The van der Waals surface area contributed by atoms with Crippen molar-refractivity contribution in [2.75, 3.05) is 25.0 Å². The normalized spacial score (nSPS) is 26.9. The monoisotopic (exact) mass is 321 g/mol. The van der Waals surface area contributed by atoms with Gasteiger partial charge < -0.3 is 4.90 Å². The molecular formula is C17H24BrN. The Morgan fingerprint density at radius 2 is 1.89 bits per heavy atom. The first kappa shape index (κ1) is 13.6. The van der Waals surface area contributed by atoms with Gasteiger partial charge in [-0.15, -0.1) is 0 Å². The van der Waals surface area contributed by atoms with E-state index in [4.69, 9.17) is 0 Å². The molecule has 0 spiro atoms. The highest BCUT2D eigenvalue weighted by Crippen LogP contribution is 2.41. The summed E-state index contributed by atoms with van der Waals surface area (Å²) in [6.45, 7) is 3.86. The number of hydrogen-bond acceptors (Lipinski definition) is 1. The molecule has 1 aromatic carbocycles. The molecule has 0 N–H and O–H groups in total. The van der Waals surface area contributed by atoms with E-state index in [2.05, 4.69) is 51.2 Å². The number of nitrogens with zero attached hydrogens (tertiary/aromatic N) is 1. The maximum Gasteiger partial charge on any atom is 0.0100 e. The molecule has 0 aromatic heterocycles. The van der Waals surface area contributed by atoms with Crippen molar-refractivity contribution in [1.29, 1.82) is 0 Å². The average molecular weight is 322 g/mol. The lowest BCUT2D eigenvalue weighted by atomic mass is 9.88. The summed E-state index contributed by atoms with van der Waals surface area (Å²) in [5.41, 5.74) is 2.11. The zero-order valence-electron chi connectivity index (χ0n) is 11.7. The maximum absolute atomic E-state index is 3.77. The quantitative estimate of drug-likeness (QED) is 0.741. The molecule has 104 valence electrons. The summed E-state index contributed by atoms with van der Waals surface area (Å²) in [6.07, 6.45) is 7.04. The molecule has 1 unspecified atom stereocenters. The lowest BCUT2D eigenvalue weighted by Crippen LogP contribution is -2.36. The predicted octanol–water partition coefficient (Wildman–Crippen LogP) is 4.43. The smallest absolute Gasteiger partial charge is 0.0100 e. The molecule has 1 nitrogen and oxygen atoms in total. The maximum atomic E-state index is 3.77. The Labute approximate surface area is 125 Å². The van der Waals surface area contributed by atoms with Crippen molar-refractivity contribution >= 4 is 15.9 Å². The molecule has 1 saturated carbocycles. The first-order chi connectivity index (χ1) is 9.31. The number of likely N-dealkylation sites (tertiary alicyclic amines) is 1. The highest BCUT2D eigenvalue weighted by molar-refractivity contribution is 9.09. The third-order valence-corrected chi connectivity index (χ3v) is 6.24. The number of rotatable bonds is 4. The van der Waals surface area contributed by atoms with E-state index in [9.17, 15) is 0 Å². The Kier molecular flexibility index (Phi) is 4.28. The highest BCUT2D eigenvalue weighted by atomic mass is 79.9. The minimum atomic E-state index is 0.575. The van der Waals surface area contributed by atoms with Gasteiger partial charge >= 0.3 is 0 Å². The number of hydrogen-bond donors (Lipinski definition) is 0. The fraction of sp³-hybridized carbons (Fsp3) is 0.647. The van der Waals surface area contributed by atoms with Gasteiger partial charge in [-0.2, -0.15) is 0 Å². The van der Waals surface area contributed by atoms with Crippen LogP contribution in [0.3, 0.4) is 0 Å². The van der Waals surface area contributed by atoms with Crippen molar-refractivity contribution in [3.8, 4) is 0 Å². The topological polar surface area (TPSA) is 3.24 Å². The summed E-state index contributed by atoms with van der Waals surface area (Å²) >= 11 is 3.77. The van der Waals surface area contributed by atoms with Gasteiger partial charge in [0.1, 0.15) is 0 Å². The molecule has 1 aliphatic heterocycles. The van der Waals surface area contributed by atoms with E-state index in [1.807, 2.05) is 0 Å². The first-order valence-corrected chi connectivity index (χ1v) is 8.77. The van der Waals surface area contributed by atoms with Gasteiger partial charge in [0.15, 0.2) is 0 Å². The van der Waals surface area contributed by atoms with E-state index < -0.39 is 0 Å². The molecule has 2 fully saturated rings. The van der Waals surface area contributed by atoms with Gasteiger partial charge in [0.2, 0.25) is 0 Å². The van der Waals surface area contributed by atoms with E-state index in [1.165, 1.54) is 62.6 Å². The lowest BCUT2D eigenvalue weighted by Gasteiger charge is -2.32. The van der Waals surface area contributed by atoms with Gasteiger partial charge in [0.25, 0.3) is 0 Å². The zero-order valence-corrected chi connectivity index (χ0v) is 13.2. The Morgan fingerprint density at radius 1 is 1.16 bits per heavy atom. The molecule has 1 aromatic rings. The van der Waals surface area contributed by atoms with Gasteiger partial charge in [-0.25, -0.2) is 0 Å². The van der Waals surface area contributed by atoms with Crippen LogP contribution in [0.4, 0.5) is 0 Å². The molecule has 1 heterocycles. The fourth-order valence-corrected chi connectivity index (χ4v) is 4.64. The van der Waals surface area contributed by atoms with E-state index in [0.29, 0.717) is 5.41 Å². The van der Waals surface area contributed by atoms with Crippen LogP contribution in [-0.2, 0) is 0 Å². The standard InChI is InChI=1S/C17H24BrN/c18-13-17(9-4-5-10-17)14-19-11-8-16(12-19)15-6-2-1-3-7-15/h1-3,6-7,16H,4-5,8-14H2. The third-order valence-electron chi connectivity index (χ3n) is 5.05. The molecule has 2 aliphatic rings. The Morgan fingerprint density at radius 3 is 2.58 bits per heavy atom. The Bertz CT molecular complexity index is 397. The van der Waals surface area contributed by atoms with Crippen molar-refractivity contribution in [2.45, 2.75) is 38.0 Å². The van der Waals surface area contributed by atoms with E-state index in [-0.39, 0.29) is 0 Å². The van der Waals surface area contributed by atoms with Gasteiger partial charge in [-0.3, -0.25) is 0 Å². The van der Waals surface area contributed by atoms with Crippen LogP contribution in [0, 0.1) is 5.41 Å². The summed E-state index contributed by atoms with van der Waals surface area (Å²) in [4.78, 5) is 2.71. The average Bonchev–Trinajstić information content (AvgIpc) is 3.10. The van der Waals surface area contributed by atoms with E-state index in [1.54, 1.807) is 0 Å². The summed E-state index contributed by atoms with van der Waals surface area (Å²) in [6, 6.07) is 11.1. The van der Waals surface area contributed by atoms with Crippen LogP contribution in [-0.4, -0.2) is 29.9 Å². The van der Waals surface area contributed by atoms with Gasteiger partial charge in [0, 0.05) is 18.4 Å². The lowest BCUT2D eigenvalue weighted by molar-refractivity contribution is 0.200. The summed E-state index contributed by atoms with van der Waals surface area (Å²) < 4.78 is 0. The number of halogens is 1. The van der Waals surface area contributed by atoms with Crippen LogP contribution in [0.15, 0.2) is 30.3 Å². The van der Waals surface area contributed by atoms with Gasteiger partial charge in [-0.1, -0.05) is 59.1 Å². The number of alkyl halides is 1. The summed E-state index contributed by atoms with van der Waals surface area (Å²) in [7, 11) is 0. The minimum absolute atomic E-state index is 0.575. The Balaban J connectivity index is 1.60. The summed E-state index contributed by atoms with van der Waals surface area (Å²) in [5, 5.41) is 1.19. The molecule has 3 rings (SSSR count). The van der Waals surface area contributed by atoms with Crippen molar-refractivity contribution in [3.63, 3.8) is 0 Å². The number of benzene rings is 1. The summed E-state index contributed by atoms with van der Waals surface area (Å²) in [5.74, 6) is 0.759. The molecule has 0 radical (unpaired) electrons. The molecule has 1 atom stereocenters. The minimum Gasteiger partial charge on any atom is -0.302 e. The van der Waals surface area contributed by atoms with Crippen molar-refractivity contribution in [1.82, 2.24) is 4.90 Å². The van der Waals surface area contributed by atoms with Crippen LogP contribution in [0.25, 0.3) is 0 Å². The van der Waals surface area contributed by atoms with Crippen molar-refractivity contribution in [2.24, 2.45) is 5.41 Å². The SMILES string of the molecule is BrCC1(CN2CCC(c3ccccc3)C2)CCCC1. The van der Waals surface area contributed by atoms with Crippen molar-refractivity contribution < 1.29 is 0 Å². The van der Waals surface area contributed by atoms with Gasteiger partial charge in [-0.05, 0) is 42.7 Å². The van der Waals surface area contributed by atoms with Crippen LogP contribution < -0.4 is 0 Å². The molecule has 19 heavy (non-hydrogen) atoms. The molecule has 0 amide bonds. The van der Waals surface area contributed by atoms with Crippen LogP contribution >= 0.6 is 15.9 Å². The van der Waals surface area contributed by atoms with Crippen LogP contribution in [0.1, 0.15) is 43.6 Å². The first-order valence-electron chi connectivity index (χ1n) is 7.65. The van der Waals surface area contributed by atoms with Gasteiger partial charge in [0.05, 0.1) is 0 Å². The van der Waals surface area contributed by atoms with E-state index >= 15 is 0 Å². The molecule has 0 bridgehead atoms. The highest BCUT2D eigenvalue weighted by Gasteiger charge is 2.36. The van der Waals surface area contributed by atoms with Crippen LogP contribution in [0.5, 0.6) is 0 Å². The second-order valence-corrected chi connectivity index (χ2v) is 7.03. The zero-order chi connectivity index (χ0) is 13.1. The third kappa shape index (κ3) is 3.05. The second kappa shape index (κ2) is 5.97. The second-order valence-electron chi connectivity index (χ2n) is 6.47. The fourth-order valence-electron chi connectivity index (χ4n) is 3.91. The predicted molar refractivity (Wildman–Crippen MR) is 84.9 cm³/mol. The van der Waals surface area contributed by atoms with E-state index in [0.717, 1.165) is 5.92 Å². The molecule has 2 heteroatoms. The Hall–Kier alpha value is -0.340. The largest absolute Gasteiger partial charge is 0.302 e.